The number of hydrogen-bond acceptors (Lipinski definition) is 3. The molecule has 2 heterocycles. The van der Waals surface area contributed by atoms with Crippen LogP contribution >= 0.6 is 0 Å². The van der Waals surface area contributed by atoms with Crippen LogP contribution < -0.4 is 5.32 Å². The van der Waals surface area contributed by atoms with Gasteiger partial charge >= 0.3 is 0 Å². The number of aromatic nitrogens is 3. The van der Waals surface area contributed by atoms with E-state index in [9.17, 15) is 9.18 Å². The monoisotopic (exact) mass is 314 g/mol. The molecular formula is C16H15FN4O2. The van der Waals surface area contributed by atoms with Crippen molar-refractivity contribution >= 4 is 5.91 Å². The molecule has 1 amide bonds. The molecule has 0 bridgehead atoms. The van der Waals surface area contributed by atoms with Gasteiger partial charge in [-0.2, -0.15) is 5.10 Å². The van der Waals surface area contributed by atoms with Crippen LogP contribution in [0.3, 0.4) is 0 Å². The lowest BCUT2D eigenvalue weighted by Crippen LogP contribution is -2.27. The minimum Gasteiger partial charge on any atom is -0.395 e. The van der Waals surface area contributed by atoms with Crippen LogP contribution in [-0.2, 0) is 0 Å². The van der Waals surface area contributed by atoms with Crippen molar-refractivity contribution in [3.8, 4) is 11.5 Å². The highest BCUT2D eigenvalue weighted by Crippen LogP contribution is 2.21. The molecule has 0 aliphatic heterocycles. The summed E-state index contributed by atoms with van der Waals surface area (Å²) in [5, 5.41) is 15.6. The van der Waals surface area contributed by atoms with Crippen LogP contribution in [0.5, 0.6) is 0 Å². The smallest absolute Gasteiger partial charge is 0.256 e. The summed E-state index contributed by atoms with van der Waals surface area (Å²) >= 11 is 0. The summed E-state index contributed by atoms with van der Waals surface area (Å²) in [4.78, 5) is 12.3. The number of aliphatic hydroxyl groups is 1. The first kappa shape index (κ1) is 15.0. The van der Waals surface area contributed by atoms with Gasteiger partial charge in [0.2, 0.25) is 0 Å². The molecule has 0 aliphatic rings. The van der Waals surface area contributed by atoms with Gasteiger partial charge in [-0.05, 0) is 24.3 Å². The highest BCUT2D eigenvalue weighted by Gasteiger charge is 2.20. The quantitative estimate of drug-likeness (QED) is 0.750. The lowest BCUT2D eigenvalue weighted by Gasteiger charge is -2.11. The molecule has 6 nitrogen and oxygen atoms in total. The van der Waals surface area contributed by atoms with E-state index in [-0.39, 0.29) is 30.3 Å². The molecular weight excluding hydrogens is 299 g/mol. The number of nitrogens with one attached hydrogen (secondary N) is 1. The second-order valence-corrected chi connectivity index (χ2v) is 4.81. The Morgan fingerprint density at radius 1 is 1.22 bits per heavy atom. The molecule has 0 saturated heterocycles. The van der Waals surface area contributed by atoms with Crippen molar-refractivity contribution in [3.63, 3.8) is 0 Å². The van der Waals surface area contributed by atoms with Crippen molar-refractivity contribution in [1.82, 2.24) is 19.7 Å². The zero-order chi connectivity index (χ0) is 16.2. The topological polar surface area (TPSA) is 72.1 Å². The average molecular weight is 314 g/mol. The van der Waals surface area contributed by atoms with Gasteiger partial charge in [0.1, 0.15) is 17.1 Å². The van der Waals surface area contributed by atoms with Crippen LogP contribution in [0.4, 0.5) is 4.39 Å². The Morgan fingerprint density at radius 3 is 2.65 bits per heavy atom. The molecule has 3 rings (SSSR count). The summed E-state index contributed by atoms with van der Waals surface area (Å²) in [6.45, 7) is -0.0269. The number of benzene rings is 1. The van der Waals surface area contributed by atoms with Crippen molar-refractivity contribution in [3.05, 3.63) is 66.4 Å². The molecule has 2 aromatic heterocycles. The van der Waals surface area contributed by atoms with Crippen LogP contribution in [0.25, 0.3) is 11.5 Å². The highest BCUT2D eigenvalue weighted by molar-refractivity contribution is 5.97. The zero-order valence-corrected chi connectivity index (χ0v) is 12.2. The average Bonchev–Trinajstić information content (AvgIpc) is 3.21. The molecule has 7 heteroatoms. The Morgan fingerprint density at radius 2 is 1.96 bits per heavy atom. The first-order chi connectivity index (χ1) is 11.2. The minimum absolute atomic E-state index is 0.134. The van der Waals surface area contributed by atoms with Gasteiger partial charge < -0.3 is 15.0 Å². The molecule has 0 unspecified atom stereocenters. The van der Waals surface area contributed by atoms with E-state index in [1.807, 2.05) is 0 Å². The molecule has 0 saturated carbocycles. The number of para-hydroxylation sites is 1. The zero-order valence-electron chi connectivity index (χ0n) is 12.2. The van der Waals surface area contributed by atoms with Crippen LogP contribution in [0.2, 0.25) is 0 Å². The standard InChI is InChI=1S/C16H15FN4O2/c17-13-5-1-2-6-14(13)21-16(20-8-3-4-9-20)12(11-19-21)15(23)18-7-10-22/h1-6,8-9,11,22H,7,10H2,(H,18,23). The third kappa shape index (κ3) is 2.86. The number of halogens is 1. The maximum Gasteiger partial charge on any atom is 0.256 e. The van der Waals surface area contributed by atoms with E-state index >= 15 is 0 Å². The Balaban J connectivity index is 2.13. The molecule has 0 aliphatic carbocycles. The summed E-state index contributed by atoms with van der Waals surface area (Å²) in [6, 6.07) is 9.81. The van der Waals surface area contributed by atoms with Crippen molar-refractivity contribution < 1.29 is 14.3 Å². The van der Waals surface area contributed by atoms with Gasteiger partial charge in [-0.1, -0.05) is 12.1 Å². The van der Waals surface area contributed by atoms with E-state index in [2.05, 4.69) is 10.4 Å². The maximum absolute atomic E-state index is 14.1. The fraction of sp³-hybridized carbons (Fsp3) is 0.125. The Bertz CT molecular complexity index is 811. The molecule has 2 N–H and O–H groups in total. The van der Waals surface area contributed by atoms with E-state index in [1.54, 1.807) is 47.3 Å². The number of hydrogen-bond donors (Lipinski definition) is 2. The molecule has 3 aromatic rings. The van der Waals surface area contributed by atoms with Crippen LogP contribution in [0.1, 0.15) is 10.4 Å². The number of amides is 1. The lowest BCUT2D eigenvalue weighted by atomic mass is 10.2. The molecule has 1 aromatic carbocycles. The van der Waals surface area contributed by atoms with Crippen LogP contribution in [-0.4, -0.2) is 38.5 Å². The molecule has 23 heavy (non-hydrogen) atoms. The maximum atomic E-state index is 14.1. The summed E-state index contributed by atoms with van der Waals surface area (Å²) in [7, 11) is 0. The largest absolute Gasteiger partial charge is 0.395 e. The van der Waals surface area contributed by atoms with Gasteiger partial charge in [0.05, 0.1) is 12.8 Å². The number of rotatable bonds is 5. The van der Waals surface area contributed by atoms with E-state index in [0.29, 0.717) is 5.82 Å². The summed E-state index contributed by atoms with van der Waals surface area (Å²) in [5.41, 5.74) is 0.537. The van der Waals surface area contributed by atoms with E-state index in [1.165, 1.54) is 16.9 Å². The normalized spacial score (nSPS) is 10.7. The SMILES string of the molecule is O=C(NCCO)c1cnn(-c2ccccc2F)c1-n1cccc1. The molecule has 118 valence electrons. The summed E-state index contributed by atoms with van der Waals surface area (Å²) in [6.07, 6.45) is 4.88. The van der Waals surface area contributed by atoms with Gasteiger partial charge in [0, 0.05) is 18.9 Å². The predicted octanol–water partition coefficient (Wildman–Crippen LogP) is 1.52. The van der Waals surface area contributed by atoms with Gasteiger partial charge in [0.15, 0.2) is 5.82 Å². The highest BCUT2D eigenvalue weighted by atomic mass is 19.1. The third-order valence-corrected chi connectivity index (χ3v) is 3.32. The summed E-state index contributed by atoms with van der Waals surface area (Å²) < 4.78 is 17.2. The predicted molar refractivity (Wildman–Crippen MR) is 82.3 cm³/mol. The van der Waals surface area contributed by atoms with Crippen molar-refractivity contribution in [2.24, 2.45) is 0 Å². The van der Waals surface area contributed by atoms with Gasteiger partial charge in [0.25, 0.3) is 5.91 Å². The third-order valence-electron chi connectivity index (χ3n) is 3.32. The second kappa shape index (κ2) is 6.45. The van der Waals surface area contributed by atoms with E-state index in [4.69, 9.17) is 5.11 Å². The minimum atomic E-state index is -0.439. The Hall–Kier alpha value is -2.93. The van der Waals surface area contributed by atoms with E-state index in [0.717, 1.165) is 0 Å². The van der Waals surface area contributed by atoms with Crippen molar-refractivity contribution in [2.45, 2.75) is 0 Å². The molecule has 0 atom stereocenters. The molecule has 0 radical (unpaired) electrons. The van der Waals surface area contributed by atoms with E-state index < -0.39 is 5.82 Å². The fourth-order valence-electron chi connectivity index (χ4n) is 2.29. The van der Waals surface area contributed by atoms with Crippen LogP contribution in [0, 0.1) is 5.82 Å². The Kier molecular flexibility index (Phi) is 4.20. The molecule has 0 spiro atoms. The number of aliphatic hydroxyl groups excluding tert-OH is 1. The summed E-state index contributed by atoms with van der Waals surface area (Å²) in [5.74, 6) is -0.396. The van der Waals surface area contributed by atoms with Crippen LogP contribution in [0.15, 0.2) is 55.0 Å². The number of carbonyl (C=O) groups is 1. The van der Waals surface area contributed by atoms with Gasteiger partial charge in [-0.3, -0.25) is 4.79 Å². The van der Waals surface area contributed by atoms with Gasteiger partial charge in [-0.15, -0.1) is 0 Å². The first-order valence-corrected chi connectivity index (χ1v) is 7.07. The fourth-order valence-corrected chi connectivity index (χ4v) is 2.29. The lowest BCUT2D eigenvalue weighted by molar-refractivity contribution is 0.0944. The number of carbonyl (C=O) groups excluding carboxylic acids is 1. The van der Waals surface area contributed by atoms with Gasteiger partial charge in [-0.25, -0.2) is 9.07 Å². The van der Waals surface area contributed by atoms with Crippen molar-refractivity contribution in [1.29, 1.82) is 0 Å². The molecule has 0 fully saturated rings. The van der Waals surface area contributed by atoms with Crippen molar-refractivity contribution in [2.75, 3.05) is 13.2 Å². The number of nitrogens with zero attached hydrogens (tertiary/aromatic N) is 3. The first-order valence-electron chi connectivity index (χ1n) is 7.07. The Labute approximate surface area is 131 Å². The second-order valence-electron chi connectivity index (χ2n) is 4.81.